The Morgan fingerprint density at radius 2 is 1.87 bits per heavy atom. The van der Waals surface area contributed by atoms with Crippen molar-refractivity contribution in [3.63, 3.8) is 0 Å². The number of hydrogen-bond acceptors (Lipinski definition) is 3. The monoisotopic (exact) mass is 207 g/mol. The van der Waals surface area contributed by atoms with Crippen LogP contribution in [0.5, 0.6) is 11.5 Å². The van der Waals surface area contributed by atoms with Gasteiger partial charge < -0.3 is 15.9 Å². The molecule has 15 heavy (non-hydrogen) atoms. The summed E-state index contributed by atoms with van der Waals surface area (Å²) in [5, 5.41) is 19.5. The molecule has 1 aliphatic carbocycles. The van der Waals surface area contributed by atoms with Crippen LogP contribution in [0, 0.1) is 13.8 Å². The zero-order chi connectivity index (χ0) is 11.2. The third-order valence-electron chi connectivity index (χ3n) is 3.30. The fraction of sp³-hybridized carbons (Fsp3) is 0.500. The summed E-state index contributed by atoms with van der Waals surface area (Å²) in [6.07, 6.45) is 2.65. The summed E-state index contributed by atoms with van der Waals surface area (Å²) in [5.74, 6) is -0.0101. The number of rotatable bonds is 2. The highest BCUT2D eigenvalue weighted by Crippen LogP contribution is 2.41. The lowest BCUT2D eigenvalue weighted by Gasteiger charge is -2.14. The van der Waals surface area contributed by atoms with Gasteiger partial charge in [0.15, 0.2) is 11.5 Å². The predicted octanol–water partition coefficient (Wildman–Crippen LogP) is 1.75. The van der Waals surface area contributed by atoms with Gasteiger partial charge in [-0.2, -0.15) is 0 Å². The van der Waals surface area contributed by atoms with E-state index in [2.05, 4.69) is 0 Å². The van der Waals surface area contributed by atoms with E-state index < -0.39 is 0 Å². The average molecular weight is 207 g/mol. The van der Waals surface area contributed by atoms with Crippen molar-refractivity contribution in [2.24, 2.45) is 5.73 Å². The number of phenols is 2. The molecule has 0 unspecified atom stereocenters. The van der Waals surface area contributed by atoms with Gasteiger partial charge in [0, 0.05) is 5.54 Å². The highest BCUT2D eigenvalue weighted by Gasteiger charge is 2.39. The highest BCUT2D eigenvalue weighted by atomic mass is 16.3. The smallest absolute Gasteiger partial charge is 0.161 e. The summed E-state index contributed by atoms with van der Waals surface area (Å²) in [6.45, 7) is 3.72. The molecule has 1 aliphatic rings. The van der Waals surface area contributed by atoms with Crippen molar-refractivity contribution in [1.29, 1.82) is 0 Å². The maximum absolute atomic E-state index is 9.79. The lowest BCUT2D eigenvalue weighted by molar-refractivity contribution is 0.394. The second kappa shape index (κ2) is 3.14. The molecule has 0 aromatic heterocycles. The summed E-state index contributed by atoms with van der Waals surface area (Å²) in [7, 11) is 0. The topological polar surface area (TPSA) is 66.5 Å². The normalized spacial score (nSPS) is 17.8. The quantitative estimate of drug-likeness (QED) is 0.647. The van der Waals surface area contributed by atoms with Crippen LogP contribution >= 0.6 is 0 Å². The zero-order valence-corrected chi connectivity index (χ0v) is 9.17. The Morgan fingerprint density at radius 3 is 2.40 bits per heavy atom. The van der Waals surface area contributed by atoms with Crippen LogP contribution in [0.3, 0.4) is 0 Å². The van der Waals surface area contributed by atoms with Gasteiger partial charge in [-0.1, -0.05) is 6.07 Å². The fourth-order valence-corrected chi connectivity index (χ4v) is 1.81. The Morgan fingerprint density at radius 1 is 1.27 bits per heavy atom. The number of aryl methyl sites for hydroxylation is 1. The van der Waals surface area contributed by atoms with Crippen molar-refractivity contribution < 1.29 is 10.2 Å². The van der Waals surface area contributed by atoms with E-state index >= 15 is 0 Å². The third kappa shape index (κ3) is 1.79. The van der Waals surface area contributed by atoms with Crippen LogP contribution in [-0.4, -0.2) is 15.8 Å². The summed E-state index contributed by atoms with van der Waals surface area (Å²) in [5.41, 5.74) is 8.33. The van der Waals surface area contributed by atoms with Gasteiger partial charge in [0.2, 0.25) is 0 Å². The maximum atomic E-state index is 9.79. The summed E-state index contributed by atoms with van der Waals surface area (Å²) >= 11 is 0. The molecule has 0 aliphatic heterocycles. The van der Waals surface area contributed by atoms with Crippen LogP contribution in [0.4, 0.5) is 0 Å². The molecular formula is C12H17NO2. The lowest BCUT2D eigenvalue weighted by Crippen LogP contribution is -2.24. The Hall–Kier alpha value is -1.22. The van der Waals surface area contributed by atoms with E-state index in [9.17, 15) is 10.2 Å². The van der Waals surface area contributed by atoms with E-state index in [0.29, 0.717) is 6.42 Å². The van der Waals surface area contributed by atoms with Crippen molar-refractivity contribution in [2.75, 3.05) is 0 Å². The van der Waals surface area contributed by atoms with Gasteiger partial charge in [0.25, 0.3) is 0 Å². The Bertz CT molecular complexity index is 409. The van der Waals surface area contributed by atoms with Gasteiger partial charge in [-0.3, -0.25) is 0 Å². The van der Waals surface area contributed by atoms with Gasteiger partial charge >= 0.3 is 0 Å². The predicted molar refractivity (Wildman–Crippen MR) is 59.1 cm³/mol. The van der Waals surface area contributed by atoms with E-state index in [1.165, 1.54) is 0 Å². The highest BCUT2D eigenvalue weighted by molar-refractivity contribution is 5.53. The minimum atomic E-state index is -0.147. The van der Waals surface area contributed by atoms with Crippen LogP contribution in [0.1, 0.15) is 29.5 Å². The summed E-state index contributed by atoms with van der Waals surface area (Å²) in [4.78, 5) is 0. The van der Waals surface area contributed by atoms with Gasteiger partial charge in [-0.05, 0) is 49.8 Å². The van der Waals surface area contributed by atoms with E-state index in [0.717, 1.165) is 29.5 Å². The fourth-order valence-electron chi connectivity index (χ4n) is 1.81. The third-order valence-corrected chi connectivity index (χ3v) is 3.30. The zero-order valence-electron chi connectivity index (χ0n) is 9.17. The minimum Gasteiger partial charge on any atom is -0.504 e. The molecule has 0 heterocycles. The number of nitrogens with two attached hydrogens (primary N) is 1. The molecule has 1 saturated carbocycles. The largest absolute Gasteiger partial charge is 0.504 e. The summed E-state index contributed by atoms with van der Waals surface area (Å²) in [6, 6.07) is 1.91. The van der Waals surface area contributed by atoms with E-state index in [1.54, 1.807) is 6.92 Å². The van der Waals surface area contributed by atoms with E-state index in [4.69, 9.17) is 5.73 Å². The molecule has 4 N–H and O–H groups in total. The van der Waals surface area contributed by atoms with Crippen LogP contribution in [0.2, 0.25) is 0 Å². The molecule has 2 rings (SSSR count). The van der Waals surface area contributed by atoms with E-state index in [1.807, 2.05) is 13.0 Å². The molecular weight excluding hydrogens is 190 g/mol. The van der Waals surface area contributed by atoms with Crippen molar-refractivity contribution >= 4 is 0 Å². The van der Waals surface area contributed by atoms with Crippen molar-refractivity contribution in [2.45, 2.75) is 38.6 Å². The molecule has 0 atom stereocenters. The first-order valence-electron chi connectivity index (χ1n) is 5.23. The minimum absolute atomic E-state index is 0.00479. The number of benzene rings is 1. The standard InChI is InChI=1S/C12H17NO2/c1-7-5-9(6-12(13)3-4-12)11(15)10(14)8(7)2/h5,14-15H,3-4,6,13H2,1-2H3. The molecule has 1 aromatic carbocycles. The molecule has 1 aromatic rings. The maximum Gasteiger partial charge on any atom is 0.161 e. The Labute approximate surface area is 89.5 Å². The van der Waals surface area contributed by atoms with Gasteiger partial charge in [0.1, 0.15) is 0 Å². The number of aromatic hydroxyl groups is 2. The van der Waals surface area contributed by atoms with Crippen LogP contribution in [-0.2, 0) is 6.42 Å². The molecule has 1 fully saturated rings. The SMILES string of the molecule is Cc1cc(CC2(N)CC2)c(O)c(O)c1C. The van der Waals surface area contributed by atoms with Crippen molar-refractivity contribution in [1.82, 2.24) is 0 Å². The van der Waals surface area contributed by atoms with Gasteiger partial charge in [-0.15, -0.1) is 0 Å². The van der Waals surface area contributed by atoms with Crippen LogP contribution < -0.4 is 5.73 Å². The summed E-state index contributed by atoms with van der Waals surface area (Å²) < 4.78 is 0. The van der Waals surface area contributed by atoms with Gasteiger partial charge in [0.05, 0.1) is 0 Å². The molecule has 0 bridgehead atoms. The molecule has 0 spiro atoms. The number of phenolic OH excluding ortho intramolecular Hbond substituents is 2. The first-order valence-corrected chi connectivity index (χ1v) is 5.23. The first-order chi connectivity index (χ1) is 6.93. The molecule has 3 heteroatoms. The van der Waals surface area contributed by atoms with Crippen molar-refractivity contribution in [3.05, 3.63) is 22.8 Å². The molecule has 0 amide bonds. The Balaban J connectivity index is 2.39. The molecule has 0 saturated heterocycles. The average Bonchev–Trinajstić information content (AvgIpc) is 2.89. The van der Waals surface area contributed by atoms with Gasteiger partial charge in [-0.25, -0.2) is 0 Å². The lowest BCUT2D eigenvalue weighted by atomic mass is 9.98. The second-order valence-corrected chi connectivity index (χ2v) is 4.71. The van der Waals surface area contributed by atoms with Crippen LogP contribution in [0.25, 0.3) is 0 Å². The molecule has 0 radical (unpaired) electrons. The van der Waals surface area contributed by atoms with Crippen molar-refractivity contribution in [3.8, 4) is 11.5 Å². The first kappa shape index (κ1) is 10.3. The van der Waals surface area contributed by atoms with Crippen LogP contribution in [0.15, 0.2) is 6.07 Å². The molecule has 3 nitrogen and oxygen atoms in total. The second-order valence-electron chi connectivity index (χ2n) is 4.71. The Kier molecular flexibility index (Phi) is 2.15. The number of hydrogen-bond donors (Lipinski definition) is 3. The van der Waals surface area contributed by atoms with E-state index in [-0.39, 0.29) is 17.0 Å². The molecule has 82 valence electrons.